The van der Waals surface area contributed by atoms with Crippen LogP contribution in [0.15, 0.2) is 47.4 Å². The summed E-state index contributed by atoms with van der Waals surface area (Å²) >= 11 is 0. The molecule has 0 spiro atoms. The van der Waals surface area contributed by atoms with Crippen molar-refractivity contribution in [3.63, 3.8) is 0 Å². The summed E-state index contributed by atoms with van der Waals surface area (Å²) in [7, 11) is -4.18. The Balaban J connectivity index is 1.62. The first-order valence-electron chi connectivity index (χ1n) is 12.6. The van der Waals surface area contributed by atoms with Crippen LogP contribution >= 0.6 is 0 Å². The fourth-order valence-electron chi connectivity index (χ4n) is 6.55. The van der Waals surface area contributed by atoms with Gasteiger partial charge in [-0.25, -0.2) is 17.2 Å². The molecule has 38 heavy (non-hydrogen) atoms. The molecule has 2 aromatic carbocycles. The number of hydrogen-bond acceptors (Lipinski definition) is 4. The van der Waals surface area contributed by atoms with Gasteiger partial charge >= 0.3 is 6.18 Å². The number of ketones is 1. The van der Waals surface area contributed by atoms with Gasteiger partial charge in [0, 0.05) is 6.42 Å². The molecule has 3 aliphatic rings. The lowest BCUT2D eigenvalue weighted by molar-refractivity contribution is -0.228. The second-order valence-electron chi connectivity index (χ2n) is 11.3. The van der Waals surface area contributed by atoms with E-state index in [9.17, 15) is 35.2 Å². The van der Waals surface area contributed by atoms with Crippen LogP contribution < -0.4 is 0 Å². The number of carbonyl (C=O) groups is 1. The zero-order valence-corrected chi connectivity index (χ0v) is 21.9. The monoisotopic (exact) mass is 556 g/mol. The first kappa shape index (κ1) is 27.2. The summed E-state index contributed by atoms with van der Waals surface area (Å²) in [6, 6.07) is 7.94. The number of alkyl halides is 4. The fraction of sp³-hybridized carbons (Fsp3) is 0.536. The minimum Gasteiger partial charge on any atom is -0.379 e. The number of halogens is 5. The first-order valence-corrected chi connectivity index (χ1v) is 14.1. The highest BCUT2D eigenvalue weighted by molar-refractivity contribution is 7.92. The standard InChI is InChI=1S/C28H29F5O4S/c1-25(15-37-16-25)24(34)14-18-11-12-27(38(35,36)21-7-5-20(29)6-8-21)22(18)9-3-17-13-19(4-10-23(17)27)26(2,30)28(31,32)33/h4-8,10,13,18,22H,3,9,11-12,14-16H2,1-2H3/t18-,22-,26?,27-/m0/s1. The molecule has 206 valence electrons. The molecule has 4 nitrogen and oxygen atoms in total. The maximum Gasteiger partial charge on any atom is 0.426 e. The summed E-state index contributed by atoms with van der Waals surface area (Å²) in [5.41, 5.74) is -4.10. The van der Waals surface area contributed by atoms with Crippen LogP contribution in [-0.2, 0) is 36.2 Å². The summed E-state index contributed by atoms with van der Waals surface area (Å²) in [5, 5.41) is 0. The zero-order chi connectivity index (χ0) is 27.7. The smallest absolute Gasteiger partial charge is 0.379 e. The third-order valence-corrected chi connectivity index (χ3v) is 11.6. The molecule has 0 aromatic heterocycles. The van der Waals surface area contributed by atoms with E-state index in [4.69, 9.17) is 4.74 Å². The number of fused-ring (bicyclic) bond motifs is 3. The number of ether oxygens (including phenoxy) is 1. The van der Waals surface area contributed by atoms with E-state index in [1.165, 1.54) is 18.2 Å². The molecule has 2 fully saturated rings. The van der Waals surface area contributed by atoms with Crippen LogP contribution in [0.1, 0.15) is 56.2 Å². The van der Waals surface area contributed by atoms with Crippen molar-refractivity contribution in [2.75, 3.05) is 13.2 Å². The van der Waals surface area contributed by atoms with Crippen molar-refractivity contribution in [3.8, 4) is 0 Å². The third-order valence-electron chi connectivity index (χ3n) is 8.98. The average Bonchev–Trinajstić information content (AvgIpc) is 3.22. The van der Waals surface area contributed by atoms with E-state index in [0.29, 0.717) is 44.1 Å². The number of carbonyl (C=O) groups excluding carboxylic acids is 1. The average molecular weight is 557 g/mol. The highest BCUT2D eigenvalue weighted by Gasteiger charge is 2.61. The highest BCUT2D eigenvalue weighted by Crippen LogP contribution is 2.60. The van der Waals surface area contributed by atoms with E-state index >= 15 is 0 Å². The van der Waals surface area contributed by atoms with Gasteiger partial charge in [-0.1, -0.05) is 18.2 Å². The Kier molecular flexibility index (Phi) is 6.34. The van der Waals surface area contributed by atoms with E-state index in [0.717, 1.165) is 24.3 Å². The van der Waals surface area contributed by atoms with E-state index in [-0.39, 0.29) is 35.9 Å². The molecule has 10 heteroatoms. The lowest BCUT2D eigenvalue weighted by Gasteiger charge is -2.43. The lowest BCUT2D eigenvalue weighted by atomic mass is 9.70. The first-order chi connectivity index (χ1) is 17.6. The minimum absolute atomic E-state index is 0.00301. The number of hydrogen-bond donors (Lipinski definition) is 0. The van der Waals surface area contributed by atoms with Crippen molar-refractivity contribution in [1.29, 1.82) is 0 Å². The molecular formula is C28H29F5O4S. The molecule has 0 bridgehead atoms. The molecule has 5 rings (SSSR count). The third kappa shape index (κ3) is 3.93. The number of rotatable bonds is 6. The van der Waals surface area contributed by atoms with Gasteiger partial charge in [0.25, 0.3) is 0 Å². The summed E-state index contributed by atoms with van der Waals surface area (Å²) in [6.07, 6.45) is -3.81. The molecule has 1 saturated carbocycles. The summed E-state index contributed by atoms with van der Waals surface area (Å²) in [4.78, 5) is 13.0. The molecular weight excluding hydrogens is 527 g/mol. The van der Waals surface area contributed by atoms with Crippen LogP contribution in [-0.4, -0.2) is 33.6 Å². The predicted molar refractivity (Wildman–Crippen MR) is 129 cm³/mol. The minimum atomic E-state index is -5.14. The molecule has 1 heterocycles. The normalized spacial score (nSPS) is 28.1. The van der Waals surface area contributed by atoms with Crippen molar-refractivity contribution in [1.82, 2.24) is 0 Å². The Hall–Kier alpha value is -2.33. The van der Waals surface area contributed by atoms with Gasteiger partial charge in [-0.2, -0.15) is 13.2 Å². The Morgan fingerprint density at radius 2 is 1.71 bits per heavy atom. The molecule has 1 unspecified atom stereocenters. The van der Waals surface area contributed by atoms with Gasteiger partial charge in [-0.15, -0.1) is 0 Å². The topological polar surface area (TPSA) is 60.4 Å². The van der Waals surface area contributed by atoms with E-state index in [1.54, 1.807) is 0 Å². The number of Topliss-reactive ketones (excluding diaryl/α,β-unsaturated/α-hetero) is 1. The van der Waals surface area contributed by atoms with Crippen LogP contribution in [0.3, 0.4) is 0 Å². The van der Waals surface area contributed by atoms with Crippen LogP contribution in [0, 0.1) is 23.1 Å². The summed E-state index contributed by atoms with van der Waals surface area (Å²) in [6.45, 7) is 2.90. The predicted octanol–water partition coefficient (Wildman–Crippen LogP) is 6.21. The SMILES string of the molecule is CC1(C(=O)C[C@@H]2CC[C@@]3(S(=O)(=O)c4ccc(F)cc4)c4ccc(C(C)(F)C(F)(F)F)cc4CC[C@@H]23)COC1. The van der Waals surface area contributed by atoms with E-state index < -0.39 is 49.1 Å². The molecule has 2 aromatic rings. The number of aryl methyl sites for hydroxylation is 1. The molecule has 0 amide bonds. The van der Waals surface area contributed by atoms with Crippen LogP contribution in [0.2, 0.25) is 0 Å². The fourth-order valence-corrected chi connectivity index (χ4v) is 9.05. The lowest BCUT2D eigenvalue weighted by Crippen LogP contribution is -2.48. The second-order valence-corrected chi connectivity index (χ2v) is 13.6. The van der Waals surface area contributed by atoms with Crippen LogP contribution in [0.5, 0.6) is 0 Å². The Labute approximate surface area is 218 Å². The van der Waals surface area contributed by atoms with Crippen LogP contribution in [0.25, 0.3) is 0 Å². The maximum atomic E-state index is 14.8. The van der Waals surface area contributed by atoms with Crippen molar-refractivity contribution >= 4 is 15.6 Å². The molecule has 0 N–H and O–H groups in total. The summed E-state index contributed by atoms with van der Waals surface area (Å²) < 4.78 is 101. The zero-order valence-electron chi connectivity index (χ0n) is 21.1. The van der Waals surface area contributed by atoms with E-state index in [1.807, 2.05) is 6.92 Å². The number of sulfone groups is 1. The largest absolute Gasteiger partial charge is 0.426 e. The Morgan fingerprint density at radius 3 is 2.29 bits per heavy atom. The second kappa shape index (κ2) is 8.84. The number of benzene rings is 2. The quantitative estimate of drug-likeness (QED) is 0.314. The van der Waals surface area contributed by atoms with Gasteiger partial charge in [0.2, 0.25) is 5.67 Å². The summed E-state index contributed by atoms with van der Waals surface area (Å²) in [5.74, 6) is -1.34. The van der Waals surface area contributed by atoms with Gasteiger partial charge in [-0.3, -0.25) is 4.79 Å². The van der Waals surface area contributed by atoms with E-state index in [2.05, 4.69) is 0 Å². The van der Waals surface area contributed by atoms with Crippen molar-refractivity contribution in [2.45, 2.75) is 67.4 Å². The van der Waals surface area contributed by atoms with Gasteiger partial charge in [0.15, 0.2) is 9.84 Å². The molecule has 1 saturated heterocycles. The van der Waals surface area contributed by atoms with Gasteiger partial charge < -0.3 is 4.74 Å². The Bertz CT molecular complexity index is 1360. The molecule has 0 radical (unpaired) electrons. The van der Waals surface area contributed by atoms with Gasteiger partial charge in [0.05, 0.1) is 23.5 Å². The van der Waals surface area contributed by atoms with Gasteiger partial charge in [0.1, 0.15) is 16.3 Å². The highest BCUT2D eigenvalue weighted by atomic mass is 32.2. The van der Waals surface area contributed by atoms with Gasteiger partial charge in [-0.05, 0) is 92.3 Å². The van der Waals surface area contributed by atoms with Crippen molar-refractivity contribution < 1.29 is 39.9 Å². The molecule has 4 atom stereocenters. The Morgan fingerprint density at radius 1 is 1.05 bits per heavy atom. The molecule has 2 aliphatic carbocycles. The van der Waals surface area contributed by atoms with Crippen LogP contribution in [0.4, 0.5) is 22.0 Å². The maximum absolute atomic E-state index is 14.8. The van der Waals surface area contributed by atoms with Crippen molar-refractivity contribution in [3.05, 3.63) is 65.0 Å². The molecule has 1 aliphatic heterocycles. The van der Waals surface area contributed by atoms with Crippen molar-refractivity contribution in [2.24, 2.45) is 17.3 Å².